The lowest BCUT2D eigenvalue weighted by Crippen LogP contribution is -2.31. The summed E-state index contributed by atoms with van der Waals surface area (Å²) in [6.07, 6.45) is 0. The number of rotatable bonds is 5. The lowest BCUT2D eigenvalue weighted by molar-refractivity contribution is -0.384. The Balaban J connectivity index is 1.91. The summed E-state index contributed by atoms with van der Waals surface area (Å²) in [6, 6.07) is 12.8. The Labute approximate surface area is 162 Å². The zero-order valence-electron chi connectivity index (χ0n) is 15.0. The average Bonchev–Trinajstić information content (AvgIpc) is 2.64. The second-order valence-corrected chi connectivity index (χ2v) is 10.8. The fourth-order valence-corrected chi connectivity index (χ4v) is 5.71. The molecule has 9 heteroatoms. The molecule has 0 aromatic heterocycles. The fourth-order valence-electron chi connectivity index (χ4n) is 2.60. The van der Waals surface area contributed by atoms with E-state index >= 15 is 0 Å². The second-order valence-electron chi connectivity index (χ2n) is 7.19. The average molecular weight is 408 g/mol. The van der Waals surface area contributed by atoms with Crippen LogP contribution in [0.4, 0.5) is 11.4 Å². The number of non-ortho nitro benzene ring substituents is 1. The van der Waals surface area contributed by atoms with Crippen LogP contribution in [0.15, 0.2) is 48.5 Å². The third kappa shape index (κ3) is 4.65. The van der Waals surface area contributed by atoms with Crippen LogP contribution in [0, 0.1) is 15.5 Å². The first-order chi connectivity index (χ1) is 12.7. The Morgan fingerprint density at radius 2 is 1.70 bits per heavy atom. The number of phenols is 1. The summed E-state index contributed by atoms with van der Waals surface area (Å²) < 4.78 is 12.1. The van der Waals surface area contributed by atoms with E-state index in [9.17, 15) is 15.2 Å². The van der Waals surface area contributed by atoms with Crippen molar-refractivity contribution in [1.82, 2.24) is 0 Å². The van der Waals surface area contributed by atoms with Gasteiger partial charge in [-0.05, 0) is 41.6 Å². The molecule has 0 bridgehead atoms. The van der Waals surface area contributed by atoms with Gasteiger partial charge in [0.1, 0.15) is 11.5 Å². The number of nitrogens with one attached hydrogen (secondary N) is 1. The molecule has 7 nitrogen and oxygen atoms in total. The first kappa shape index (κ1) is 19.8. The fraction of sp³-hybridized carbons (Fsp3) is 0.333. The van der Waals surface area contributed by atoms with Gasteiger partial charge in [0, 0.05) is 23.2 Å². The molecule has 0 spiro atoms. The minimum absolute atomic E-state index is 0.0107. The van der Waals surface area contributed by atoms with Crippen molar-refractivity contribution in [3.05, 3.63) is 64.2 Å². The van der Waals surface area contributed by atoms with Crippen LogP contribution in [0.1, 0.15) is 25.2 Å². The first-order valence-corrected chi connectivity index (χ1v) is 11.1. The predicted molar refractivity (Wildman–Crippen MR) is 108 cm³/mol. The van der Waals surface area contributed by atoms with Gasteiger partial charge in [0.25, 0.3) is 5.69 Å². The van der Waals surface area contributed by atoms with Gasteiger partial charge < -0.3 is 19.5 Å². The number of anilines is 1. The number of nitro benzene ring substituents is 1. The van der Waals surface area contributed by atoms with Crippen molar-refractivity contribution >= 4 is 29.7 Å². The van der Waals surface area contributed by atoms with E-state index in [1.165, 1.54) is 12.1 Å². The van der Waals surface area contributed by atoms with Crippen molar-refractivity contribution in [3.63, 3.8) is 0 Å². The van der Waals surface area contributed by atoms with E-state index in [0.29, 0.717) is 18.9 Å². The standard InChI is InChI=1S/C18H21N2O5PS/c1-18(2)11-24-26(27,25-12-18)17(13-3-9-16(21)10-4-13)19-14-5-7-15(8-6-14)20(22)23/h3-10,17,19,21H,11-12H2,1-2H3. The number of hydrogen-bond donors (Lipinski definition) is 2. The number of nitrogens with zero attached hydrogens (tertiary/aromatic N) is 1. The van der Waals surface area contributed by atoms with Crippen molar-refractivity contribution < 1.29 is 19.1 Å². The maximum Gasteiger partial charge on any atom is 0.269 e. The zero-order valence-corrected chi connectivity index (χ0v) is 16.7. The van der Waals surface area contributed by atoms with E-state index in [1.54, 1.807) is 36.4 Å². The van der Waals surface area contributed by atoms with Crippen LogP contribution in [0.2, 0.25) is 0 Å². The monoisotopic (exact) mass is 408 g/mol. The van der Waals surface area contributed by atoms with Crippen LogP contribution >= 0.6 is 6.49 Å². The largest absolute Gasteiger partial charge is 0.508 e. The molecular formula is C18H21N2O5PS. The zero-order chi connectivity index (χ0) is 19.7. The first-order valence-electron chi connectivity index (χ1n) is 8.37. The Morgan fingerprint density at radius 1 is 1.15 bits per heavy atom. The van der Waals surface area contributed by atoms with Gasteiger partial charge in [-0.25, -0.2) is 0 Å². The SMILES string of the molecule is CC1(C)COP(=S)(C(Nc2ccc([N+](=O)[O-])cc2)c2ccc(O)cc2)OC1. The minimum Gasteiger partial charge on any atom is -0.508 e. The maximum absolute atomic E-state index is 10.9. The van der Waals surface area contributed by atoms with Gasteiger partial charge in [-0.1, -0.05) is 26.0 Å². The third-order valence-electron chi connectivity index (χ3n) is 4.18. The van der Waals surface area contributed by atoms with Crippen molar-refractivity contribution in [2.24, 2.45) is 5.41 Å². The molecule has 1 aliphatic heterocycles. The van der Waals surface area contributed by atoms with E-state index in [2.05, 4.69) is 5.32 Å². The molecular weight excluding hydrogens is 387 g/mol. The molecule has 2 N–H and O–H groups in total. The lowest BCUT2D eigenvalue weighted by atomic mass is 9.97. The normalized spacial score (nSPS) is 19.2. The van der Waals surface area contributed by atoms with Crippen LogP contribution in [-0.2, 0) is 20.9 Å². The Hall–Kier alpha value is -1.99. The molecule has 1 atom stereocenters. The number of aromatic hydroxyl groups is 1. The molecule has 0 aliphatic carbocycles. The van der Waals surface area contributed by atoms with Crippen LogP contribution in [0.5, 0.6) is 5.75 Å². The minimum atomic E-state index is -2.73. The molecule has 1 unspecified atom stereocenters. The molecule has 1 aliphatic rings. The van der Waals surface area contributed by atoms with Gasteiger partial charge in [-0.15, -0.1) is 0 Å². The highest BCUT2D eigenvalue weighted by molar-refractivity contribution is 8.10. The van der Waals surface area contributed by atoms with Crippen LogP contribution in [0.25, 0.3) is 0 Å². The van der Waals surface area contributed by atoms with E-state index in [-0.39, 0.29) is 16.9 Å². The quantitative estimate of drug-likeness (QED) is 0.417. The Kier molecular flexibility index (Phi) is 5.53. The van der Waals surface area contributed by atoms with Crippen molar-refractivity contribution in [2.45, 2.75) is 19.6 Å². The number of nitro groups is 1. The topological polar surface area (TPSA) is 93.9 Å². The highest BCUT2D eigenvalue weighted by atomic mass is 32.5. The lowest BCUT2D eigenvalue weighted by Gasteiger charge is -2.40. The van der Waals surface area contributed by atoms with E-state index < -0.39 is 17.2 Å². The second kappa shape index (κ2) is 7.56. The van der Waals surface area contributed by atoms with Crippen LogP contribution < -0.4 is 5.32 Å². The number of benzene rings is 2. The molecule has 3 rings (SSSR count). The van der Waals surface area contributed by atoms with E-state index in [4.69, 9.17) is 20.9 Å². The maximum atomic E-state index is 10.9. The van der Waals surface area contributed by atoms with Crippen molar-refractivity contribution in [3.8, 4) is 5.75 Å². The van der Waals surface area contributed by atoms with Crippen LogP contribution in [0.3, 0.4) is 0 Å². The molecule has 0 radical (unpaired) electrons. The molecule has 144 valence electrons. The highest BCUT2D eigenvalue weighted by Gasteiger charge is 2.40. The van der Waals surface area contributed by atoms with Crippen molar-refractivity contribution in [2.75, 3.05) is 18.5 Å². The summed E-state index contributed by atoms with van der Waals surface area (Å²) in [5.74, 6) is -0.304. The summed E-state index contributed by atoms with van der Waals surface area (Å²) in [5, 5.41) is 23.8. The van der Waals surface area contributed by atoms with Gasteiger partial charge in [-0.2, -0.15) is 0 Å². The van der Waals surface area contributed by atoms with Gasteiger partial charge >= 0.3 is 0 Å². The molecule has 0 saturated carbocycles. The molecule has 1 saturated heterocycles. The van der Waals surface area contributed by atoms with E-state index in [1.807, 2.05) is 13.8 Å². The van der Waals surface area contributed by atoms with Gasteiger partial charge in [-0.3, -0.25) is 10.1 Å². The van der Waals surface area contributed by atoms with E-state index in [0.717, 1.165) is 5.56 Å². The summed E-state index contributed by atoms with van der Waals surface area (Å²) in [4.78, 5) is 10.4. The third-order valence-corrected chi connectivity index (χ3v) is 7.48. The molecule has 27 heavy (non-hydrogen) atoms. The van der Waals surface area contributed by atoms with Crippen molar-refractivity contribution in [1.29, 1.82) is 0 Å². The Bertz CT molecular complexity index is 856. The van der Waals surface area contributed by atoms with Gasteiger partial charge in [0.15, 0.2) is 0 Å². The molecule has 2 aromatic carbocycles. The summed E-state index contributed by atoms with van der Waals surface area (Å²) >= 11 is 5.79. The summed E-state index contributed by atoms with van der Waals surface area (Å²) in [6.45, 7) is 2.34. The molecule has 1 fully saturated rings. The molecule has 2 aromatic rings. The number of phenolic OH excluding ortho intramolecular Hbond substituents is 1. The Morgan fingerprint density at radius 3 is 2.22 bits per heavy atom. The summed E-state index contributed by atoms with van der Waals surface area (Å²) in [5.41, 5.74) is 1.38. The highest BCUT2D eigenvalue weighted by Crippen LogP contribution is 2.64. The molecule has 0 amide bonds. The summed E-state index contributed by atoms with van der Waals surface area (Å²) in [7, 11) is 0. The van der Waals surface area contributed by atoms with Gasteiger partial charge in [0.05, 0.1) is 18.1 Å². The number of hydrogen-bond acceptors (Lipinski definition) is 7. The molecule has 1 heterocycles. The van der Waals surface area contributed by atoms with Crippen LogP contribution in [-0.4, -0.2) is 23.2 Å². The smallest absolute Gasteiger partial charge is 0.269 e. The predicted octanol–water partition coefficient (Wildman–Crippen LogP) is 4.79. The van der Waals surface area contributed by atoms with Gasteiger partial charge in [0.2, 0.25) is 6.49 Å².